The predicted octanol–water partition coefficient (Wildman–Crippen LogP) is -0.319. The summed E-state index contributed by atoms with van der Waals surface area (Å²) < 4.78 is 0. The molecule has 2 N–H and O–H groups in total. The topological polar surface area (TPSA) is 27.3 Å². The summed E-state index contributed by atoms with van der Waals surface area (Å²) in [6.07, 6.45) is 0. The van der Waals surface area contributed by atoms with Gasteiger partial charge < -0.3 is 10.6 Å². The van der Waals surface area contributed by atoms with Crippen molar-refractivity contribution in [2.75, 3.05) is 20.1 Å². The van der Waals surface area contributed by atoms with E-state index in [0.29, 0.717) is 5.11 Å². The Morgan fingerprint density at radius 3 is 2.90 bits per heavy atom. The van der Waals surface area contributed by atoms with Gasteiger partial charge in [0.05, 0.1) is 0 Å². The van der Waals surface area contributed by atoms with Gasteiger partial charge in [-0.25, -0.2) is 0 Å². The molecule has 1 rings (SSSR count). The molecule has 1 fully saturated rings. The van der Waals surface area contributed by atoms with Gasteiger partial charge in [-0.3, -0.25) is 4.90 Å². The number of nitrogens with zero attached hydrogens (tertiary/aromatic N) is 1. The van der Waals surface area contributed by atoms with E-state index in [4.69, 9.17) is 24.4 Å². The van der Waals surface area contributed by atoms with Crippen LogP contribution in [0.2, 0.25) is 0 Å². The van der Waals surface area contributed by atoms with Crippen LogP contribution in [0.4, 0.5) is 0 Å². The van der Waals surface area contributed by atoms with Crippen molar-refractivity contribution < 1.29 is 0 Å². The van der Waals surface area contributed by atoms with Gasteiger partial charge >= 0.3 is 0 Å². The molecule has 1 aliphatic rings. The summed E-state index contributed by atoms with van der Waals surface area (Å²) in [7, 11) is 1.79. The van der Waals surface area contributed by atoms with E-state index < -0.39 is 0 Å². The lowest BCUT2D eigenvalue weighted by Gasteiger charge is -2.15. The van der Waals surface area contributed by atoms with Crippen molar-refractivity contribution in [3.05, 3.63) is 0 Å². The highest BCUT2D eigenvalue weighted by molar-refractivity contribution is 7.81. The Morgan fingerprint density at radius 2 is 2.50 bits per heavy atom. The molecular weight excluding hydrogens is 166 g/mol. The molecule has 0 atom stereocenters. The van der Waals surface area contributed by atoms with E-state index >= 15 is 0 Å². The maximum absolute atomic E-state index is 4.98. The van der Waals surface area contributed by atoms with Crippen molar-refractivity contribution in [3.8, 4) is 0 Å². The summed E-state index contributed by atoms with van der Waals surface area (Å²) in [6.45, 7) is 1.76. The van der Waals surface area contributed by atoms with E-state index in [-0.39, 0.29) is 0 Å². The van der Waals surface area contributed by atoms with Gasteiger partial charge in [-0.1, -0.05) is 0 Å². The third-order valence-corrected chi connectivity index (χ3v) is 2.11. The van der Waals surface area contributed by atoms with Crippen LogP contribution < -0.4 is 10.6 Å². The Balaban J connectivity index is 2.55. The molecule has 0 radical (unpaired) electrons. The van der Waals surface area contributed by atoms with Crippen LogP contribution in [-0.4, -0.2) is 35.3 Å². The molecule has 1 heterocycles. The Morgan fingerprint density at radius 1 is 1.80 bits per heavy atom. The number of thiocarbonyl (C=S) groups is 2. The smallest absolute Gasteiger partial charge is 0.175 e. The molecule has 1 saturated heterocycles. The van der Waals surface area contributed by atoms with E-state index in [2.05, 4.69) is 10.6 Å². The van der Waals surface area contributed by atoms with Crippen molar-refractivity contribution >= 4 is 34.7 Å². The van der Waals surface area contributed by atoms with Gasteiger partial charge in [-0.15, -0.1) is 0 Å². The van der Waals surface area contributed by atoms with Gasteiger partial charge in [0.1, 0.15) is 0 Å². The molecule has 0 bridgehead atoms. The molecule has 0 aromatic rings. The Bertz CT molecular complexity index is 168. The summed E-state index contributed by atoms with van der Waals surface area (Å²) in [6, 6.07) is 0. The molecule has 1 aliphatic heterocycles. The molecule has 0 amide bonds. The molecule has 5 heteroatoms. The van der Waals surface area contributed by atoms with Crippen LogP contribution in [0.3, 0.4) is 0 Å². The first-order valence-electron chi connectivity index (χ1n) is 3.03. The fraction of sp³-hybridized carbons (Fsp3) is 0.600. The van der Waals surface area contributed by atoms with Crippen LogP contribution >= 0.6 is 24.4 Å². The highest BCUT2D eigenvalue weighted by Crippen LogP contribution is 1.96. The largest absolute Gasteiger partial charge is 0.365 e. The van der Waals surface area contributed by atoms with Crippen LogP contribution in [0.1, 0.15) is 0 Å². The summed E-state index contributed by atoms with van der Waals surface area (Å²) in [5.41, 5.74) is 0. The molecule has 0 aromatic carbocycles. The third-order valence-electron chi connectivity index (χ3n) is 1.32. The Kier molecular flexibility index (Phi) is 2.39. The maximum atomic E-state index is 4.98. The molecule has 3 nitrogen and oxygen atoms in total. The molecule has 0 saturated carbocycles. The van der Waals surface area contributed by atoms with E-state index in [1.807, 2.05) is 4.90 Å². The lowest BCUT2D eigenvalue weighted by molar-refractivity contribution is 0.671. The minimum Gasteiger partial charge on any atom is -0.365 e. The molecule has 56 valence electrons. The van der Waals surface area contributed by atoms with Crippen molar-refractivity contribution in [2.24, 2.45) is 0 Å². The molecule has 0 unspecified atom stereocenters. The molecule has 0 aliphatic carbocycles. The highest BCUT2D eigenvalue weighted by atomic mass is 32.1. The summed E-state index contributed by atoms with van der Waals surface area (Å²) in [4.78, 5) is 1.87. The Labute approximate surface area is 70.8 Å². The molecule has 0 aromatic heterocycles. The van der Waals surface area contributed by atoms with Crippen LogP contribution in [0.5, 0.6) is 0 Å². The van der Waals surface area contributed by atoms with Crippen molar-refractivity contribution in [2.45, 2.75) is 0 Å². The number of hydrogen-bond donors (Lipinski definition) is 2. The third kappa shape index (κ3) is 1.35. The van der Waals surface area contributed by atoms with Crippen molar-refractivity contribution in [1.29, 1.82) is 0 Å². The summed E-state index contributed by atoms with van der Waals surface area (Å²) in [5, 5.41) is 7.29. The average Bonchev–Trinajstić information content (AvgIpc) is 2.34. The number of nitrogens with one attached hydrogen (secondary N) is 2. The number of hydrogen-bond acceptors (Lipinski definition) is 2. The molecular formula is C5H9N3S2. The zero-order valence-corrected chi connectivity index (χ0v) is 7.31. The zero-order chi connectivity index (χ0) is 7.56. The maximum Gasteiger partial charge on any atom is 0.175 e. The van der Waals surface area contributed by atoms with Crippen molar-refractivity contribution in [1.82, 2.24) is 15.5 Å². The second kappa shape index (κ2) is 3.12. The van der Waals surface area contributed by atoms with Gasteiger partial charge in [0.15, 0.2) is 10.2 Å². The normalized spacial score (nSPS) is 16.9. The highest BCUT2D eigenvalue weighted by Gasteiger charge is 2.18. The fourth-order valence-corrected chi connectivity index (χ4v) is 1.33. The zero-order valence-electron chi connectivity index (χ0n) is 5.68. The molecule has 0 spiro atoms. The quantitative estimate of drug-likeness (QED) is 0.492. The van der Waals surface area contributed by atoms with Crippen LogP contribution in [0.25, 0.3) is 0 Å². The van der Waals surface area contributed by atoms with Gasteiger partial charge in [-0.05, 0) is 24.4 Å². The standard InChI is InChI=1S/C5H9N3S2/c1-6-4(9)8-3-2-7-5(8)10/h2-3H2,1H3,(H,6,9)(H,7,10). The summed E-state index contributed by atoms with van der Waals surface area (Å²) >= 11 is 9.95. The van der Waals surface area contributed by atoms with E-state index in [9.17, 15) is 0 Å². The first-order valence-corrected chi connectivity index (χ1v) is 3.84. The van der Waals surface area contributed by atoms with Crippen LogP contribution in [0.15, 0.2) is 0 Å². The average molecular weight is 175 g/mol. The van der Waals surface area contributed by atoms with Gasteiger partial charge in [-0.2, -0.15) is 0 Å². The SMILES string of the molecule is CNC(=S)N1CCNC1=S. The summed E-state index contributed by atoms with van der Waals surface area (Å²) in [5.74, 6) is 0. The monoisotopic (exact) mass is 175 g/mol. The molecule has 10 heavy (non-hydrogen) atoms. The second-order valence-electron chi connectivity index (χ2n) is 1.94. The van der Waals surface area contributed by atoms with E-state index in [1.165, 1.54) is 0 Å². The minimum absolute atomic E-state index is 0.690. The lowest BCUT2D eigenvalue weighted by Crippen LogP contribution is -2.39. The van der Waals surface area contributed by atoms with Crippen LogP contribution in [0, 0.1) is 0 Å². The minimum atomic E-state index is 0.690. The first kappa shape index (κ1) is 7.68. The van der Waals surface area contributed by atoms with Crippen LogP contribution in [-0.2, 0) is 0 Å². The van der Waals surface area contributed by atoms with Gasteiger partial charge in [0.25, 0.3) is 0 Å². The fourth-order valence-electron chi connectivity index (χ4n) is 0.800. The van der Waals surface area contributed by atoms with Crippen molar-refractivity contribution in [3.63, 3.8) is 0 Å². The Hall–Kier alpha value is -0.420. The van der Waals surface area contributed by atoms with E-state index in [0.717, 1.165) is 18.2 Å². The first-order chi connectivity index (χ1) is 4.75. The van der Waals surface area contributed by atoms with Gasteiger partial charge in [0, 0.05) is 20.1 Å². The predicted molar refractivity (Wildman–Crippen MR) is 49.0 cm³/mol. The van der Waals surface area contributed by atoms with E-state index in [1.54, 1.807) is 7.05 Å². The second-order valence-corrected chi connectivity index (χ2v) is 2.71. The lowest BCUT2D eigenvalue weighted by atomic mass is 10.6. The van der Waals surface area contributed by atoms with Gasteiger partial charge in [0.2, 0.25) is 0 Å². The number of rotatable bonds is 0.